The number of benzene rings is 2. The summed E-state index contributed by atoms with van der Waals surface area (Å²) in [5.74, 6) is -1.94. The van der Waals surface area contributed by atoms with Gasteiger partial charge in [-0.2, -0.15) is 5.26 Å². The molecule has 0 bridgehead atoms. The first-order valence-corrected chi connectivity index (χ1v) is 7.54. The second-order valence-electron chi connectivity index (χ2n) is 5.05. The molecule has 0 saturated carbocycles. The van der Waals surface area contributed by atoms with E-state index in [1.165, 1.54) is 31.2 Å². The Morgan fingerprint density at radius 1 is 1.24 bits per heavy atom. The lowest BCUT2D eigenvalue weighted by atomic mass is 10.2. The number of halogens is 2. The van der Waals surface area contributed by atoms with E-state index >= 15 is 0 Å². The Morgan fingerprint density at radius 2 is 1.92 bits per heavy atom. The molecule has 0 aliphatic rings. The van der Waals surface area contributed by atoms with Gasteiger partial charge in [0.05, 0.1) is 18.2 Å². The molecule has 0 radical (unpaired) electrons. The lowest BCUT2D eigenvalue weighted by molar-refractivity contribution is -0.122. The highest BCUT2D eigenvalue weighted by Crippen LogP contribution is 2.29. The van der Waals surface area contributed by atoms with Gasteiger partial charge in [-0.1, -0.05) is 6.07 Å². The predicted octanol–water partition coefficient (Wildman–Crippen LogP) is 3.64. The maximum atomic E-state index is 13.6. The molecule has 5 nitrogen and oxygen atoms in total. The predicted molar refractivity (Wildman–Crippen MR) is 87.4 cm³/mol. The summed E-state index contributed by atoms with van der Waals surface area (Å²) < 4.78 is 38.1. The summed E-state index contributed by atoms with van der Waals surface area (Å²) in [5, 5.41) is 11.1. The van der Waals surface area contributed by atoms with Gasteiger partial charge in [0.1, 0.15) is 17.3 Å². The summed E-state index contributed by atoms with van der Waals surface area (Å²) in [4.78, 5) is 12.2. The topological polar surface area (TPSA) is 71.3 Å². The Balaban J connectivity index is 2.15. The highest BCUT2D eigenvalue weighted by atomic mass is 19.1. The number of hydrogen-bond acceptors (Lipinski definition) is 4. The van der Waals surface area contributed by atoms with Crippen LogP contribution in [0.4, 0.5) is 14.5 Å². The van der Waals surface area contributed by atoms with Crippen molar-refractivity contribution in [1.82, 2.24) is 0 Å². The molecule has 0 saturated heterocycles. The largest absolute Gasteiger partial charge is 0.490 e. The van der Waals surface area contributed by atoms with Gasteiger partial charge in [0, 0.05) is 6.07 Å². The van der Waals surface area contributed by atoms with Crippen molar-refractivity contribution in [3.05, 3.63) is 53.6 Å². The molecule has 1 N–H and O–H groups in total. The molecule has 0 unspecified atom stereocenters. The minimum Gasteiger partial charge on any atom is -0.490 e. The van der Waals surface area contributed by atoms with Gasteiger partial charge in [-0.05, 0) is 38.1 Å². The van der Waals surface area contributed by atoms with Gasteiger partial charge < -0.3 is 14.8 Å². The second-order valence-corrected chi connectivity index (χ2v) is 5.05. The highest BCUT2D eigenvalue weighted by molar-refractivity contribution is 5.94. The van der Waals surface area contributed by atoms with Crippen molar-refractivity contribution >= 4 is 11.6 Å². The van der Waals surface area contributed by atoms with Crippen molar-refractivity contribution in [2.45, 2.75) is 20.0 Å². The van der Waals surface area contributed by atoms with E-state index in [1.807, 2.05) is 6.07 Å². The van der Waals surface area contributed by atoms with Gasteiger partial charge >= 0.3 is 0 Å². The van der Waals surface area contributed by atoms with Crippen LogP contribution in [0.1, 0.15) is 19.4 Å². The van der Waals surface area contributed by atoms with Crippen LogP contribution in [-0.2, 0) is 4.79 Å². The van der Waals surface area contributed by atoms with Gasteiger partial charge in [-0.3, -0.25) is 4.79 Å². The molecule has 0 aromatic heterocycles. The fourth-order valence-electron chi connectivity index (χ4n) is 2.03. The van der Waals surface area contributed by atoms with Gasteiger partial charge in [-0.25, -0.2) is 8.78 Å². The van der Waals surface area contributed by atoms with E-state index in [4.69, 9.17) is 14.7 Å². The third-order valence-corrected chi connectivity index (χ3v) is 3.26. The molecule has 130 valence electrons. The Bertz CT molecular complexity index is 798. The lowest BCUT2D eigenvalue weighted by Gasteiger charge is -2.17. The number of anilines is 1. The number of nitrogens with zero attached hydrogens (tertiary/aromatic N) is 1. The molecule has 1 amide bonds. The first-order chi connectivity index (χ1) is 12.0. The second kappa shape index (κ2) is 8.11. The summed E-state index contributed by atoms with van der Waals surface area (Å²) in [7, 11) is 0. The first-order valence-electron chi connectivity index (χ1n) is 7.54. The van der Waals surface area contributed by atoms with Gasteiger partial charge in [0.2, 0.25) is 0 Å². The SMILES string of the molecule is CCOc1cc(C#N)ccc1O[C@H](C)C(=O)Nc1c(F)cccc1F. The molecule has 2 rings (SSSR count). The van der Waals surface area contributed by atoms with E-state index in [2.05, 4.69) is 5.32 Å². The monoisotopic (exact) mass is 346 g/mol. The number of amides is 1. The third kappa shape index (κ3) is 4.44. The average Bonchev–Trinajstić information content (AvgIpc) is 2.59. The Hall–Kier alpha value is -3.14. The maximum absolute atomic E-state index is 13.6. The fraction of sp³-hybridized carbons (Fsp3) is 0.222. The van der Waals surface area contributed by atoms with E-state index < -0.39 is 29.3 Å². The van der Waals surface area contributed by atoms with Gasteiger partial charge in [-0.15, -0.1) is 0 Å². The number of nitrogens with one attached hydrogen (secondary N) is 1. The van der Waals surface area contributed by atoms with E-state index in [9.17, 15) is 13.6 Å². The van der Waals surface area contributed by atoms with Gasteiger partial charge in [0.25, 0.3) is 5.91 Å². The number of ether oxygens (including phenoxy) is 2. The number of hydrogen-bond donors (Lipinski definition) is 1. The van der Waals surface area contributed by atoms with Crippen LogP contribution in [0, 0.1) is 23.0 Å². The van der Waals surface area contributed by atoms with E-state index in [-0.39, 0.29) is 5.75 Å². The standard InChI is InChI=1S/C18H16F2N2O3/c1-3-24-16-9-12(10-21)7-8-15(16)25-11(2)18(23)22-17-13(19)5-4-6-14(17)20/h4-9,11H,3H2,1-2H3,(H,22,23)/t11-/m1/s1. The molecule has 1 atom stereocenters. The van der Waals surface area contributed by atoms with Crippen LogP contribution in [0.15, 0.2) is 36.4 Å². The van der Waals surface area contributed by atoms with Crippen molar-refractivity contribution in [2.24, 2.45) is 0 Å². The number of carbonyl (C=O) groups excluding carboxylic acids is 1. The van der Waals surface area contributed by atoms with Crippen molar-refractivity contribution in [3.63, 3.8) is 0 Å². The molecular weight excluding hydrogens is 330 g/mol. The quantitative estimate of drug-likeness (QED) is 0.867. The number of nitriles is 1. The summed E-state index contributed by atoms with van der Waals surface area (Å²) in [6, 6.07) is 9.75. The van der Waals surface area contributed by atoms with Crippen LogP contribution in [0.3, 0.4) is 0 Å². The molecule has 25 heavy (non-hydrogen) atoms. The molecule has 0 spiro atoms. The zero-order valence-corrected chi connectivity index (χ0v) is 13.7. The molecule has 7 heteroatoms. The summed E-state index contributed by atoms with van der Waals surface area (Å²) in [6.07, 6.45) is -1.05. The van der Waals surface area contributed by atoms with Crippen LogP contribution < -0.4 is 14.8 Å². The van der Waals surface area contributed by atoms with Crippen molar-refractivity contribution in [1.29, 1.82) is 5.26 Å². The van der Waals surface area contributed by atoms with Crippen molar-refractivity contribution < 1.29 is 23.0 Å². The molecule has 0 heterocycles. The minimum absolute atomic E-state index is 0.248. The fourth-order valence-corrected chi connectivity index (χ4v) is 2.03. The van der Waals surface area contributed by atoms with Crippen LogP contribution in [0.5, 0.6) is 11.5 Å². The van der Waals surface area contributed by atoms with Crippen LogP contribution in [0.25, 0.3) is 0 Å². The number of carbonyl (C=O) groups is 1. The van der Waals surface area contributed by atoms with Crippen LogP contribution >= 0.6 is 0 Å². The number of rotatable bonds is 6. The number of para-hydroxylation sites is 1. The van der Waals surface area contributed by atoms with Crippen molar-refractivity contribution in [2.75, 3.05) is 11.9 Å². The zero-order chi connectivity index (χ0) is 18.4. The smallest absolute Gasteiger partial charge is 0.265 e. The Labute approximate surface area is 143 Å². The Morgan fingerprint density at radius 3 is 2.52 bits per heavy atom. The third-order valence-electron chi connectivity index (χ3n) is 3.26. The minimum atomic E-state index is -1.05. The van der Waals surface area contributed by atoms with E-state index in [0.717, 1.165) is 12.1 Å². The normalized spacial score (nSPS) is 11.3. The van der Waals surface area contributed by atoms with Crippen LogP contribution in [-0.4, -0.2) is 18.6 Å². The molecule has 2 aromatic rings. The Kier molecular flexibility index (Phi) is 5.90. The zero-order valence-electron chi connectivity index (χ0n) is 13.7. The molecule has 0 aliphatic carbocycles. The maximum Gasteiger partial charge on any atom is 0.265 e. The molecular formula is C18H16F2N2O3. The highest BCUT2D eigenvalue weighted by Gasteiger charge is 2.20. The van der Waals surface area contributed by atoms with E-state index in [1.54, 1.807) is 6.92 Å². The summed E-state index contributed by atoms with van der Waals surface area (Å²) in [6.45, 7) is 3.54. The van der Waals surface area contributed by atoms with Crippen LogP contribution in [0.2, 0.25) is 0 Å². The van der Waals surface area contributed by atoms with Gasteiger partial charge in [0.15, 0.2) is 17.6 Å². The van der Waals surface area contributed by atoms with E-state index in [0.29, 0.717) is 17.9 Å². The van der Waals surface area contributed by atoms with Crippen molar-refractivity contribution in [3.8, 4) is 17.6 Å². The molecule has 0 aliphatic heterocycles. The lowest BCUT2D eigenvalue weighted by Crippen LogP contribution is -2.31. The summed E-state index contributed by atoms with van der Waals surface area (Å²) >= 11 is 0. The molecule has 2 aromatic carbocycles. The average molecular weight is 346 g/mol. The first kappa shape index (κ1) is 18.2. The summed E-state index contributed by atoms with van der Waals surface area (Å²) in [5.41, 5.74) is -0.158. The molecule has 0 fully saturated rings.